The van der Waals surface area contributed by atoms with Crippen LogP contribution in [-0.2, 0) is 0 Å². The minimum absolute atomic E-state index is 0.696. The van der Waals surface area contributed by atoms with E-state index in [0.29, 0.717) is 5.69 Å². The number of aromatic nitrogens is 1. The van der Waals surface area contributed by atoms with Crippen LogP contribution in [0.3, 0.4) is 0 Å². The Balaban J connectivity index is 0.000000461. The van der Waals surface area contributed by atoms with Crippen molar-refractivity contribution in [2.45, 2.75) is 20.8 Å². The van der Waals surface area contributed by atoms with E-state index >= 15 is 0 Å². The summed E-state index contributed by atoms with van der Waals surface area (Å²) in [5, 5.41) is 1.11. The number of hydrogen-bond acceptors (Lipinski definition) is 0. The predicted molar refractivity (Wildman–Crippen MR) is 60.6 cm³/mol. The summed E-state index contributed by atoms with van der Waals surface area (Å²) in [6.45, 7) is 12.9. The van der Waals surface area contributed by atoms with Crippen LogP contribution in [0.2, 0.25) is 0 Å². The molecule has 0 atom stereocenters. The molecular formula is C12H14N2. The minimum Gasteiger partial charge on any atom is -0.359 e. The molecule has 0 unspecified atom stereocenters. The van der Waals surface area contributed by atoms with Crippen LogP contribution in [0.25, 0.3) is 15.7 Å². The monoisotopic (exact) mass is 186 g/mol. The van der Waals surface area contributed by atoms with Gasteiger partial charge in [0.1, 0.15) is 0 Å². The quantitative estimate of drug-likeness (QED) is 0.599. The van der Waals surface area contributed by atoms with Crippen LogP contribution < -0.4 is 0 Å². The molecule has 0 spiro atoms. The molecule has 0 aliphatic heterocycles. The second-order valence-corrected chi connectivity index (χ2v) is 2.84. The van der Waals surface area contributed by atoms with Crippen molar-refractivity contribution in [3.63, 3.8) is 0 Å². The molecule has 1 aromatic heterocycles. The molecule has 0 radical (unpaired) electrons. The summed E-state index contributed by atoms with van der Waals surface area (Å²) < 4.78 is 0. The van der Waals surface area contributed by atoms with Crippen molar-refractivity contribution in [1.82, 2.24) is 4.98 Å². The maximum absolute atomic E-state index is 6.84. The Bertz CT molecular complexity index is 461. The van der Waals surface area contributed by atoms with Gasteiger partial charge in [0.15, 0.2) is 5.69 Å². The average molecular weight is 186 g/mol. The Kier molecular flexibility index (Phi) is 3.30. The van der Waals surface area contributed by atoms with Crippen molar-refractivity contribution in [2.24, 2.45) is 0 Å². The van der Waals surface area contributed by atoms with Crippen molar-refractivity contribution in [3.8, 4) is 0 Å². The lowest BCUT2D eigenvalue weighted by Crippen LogP contribution is -1.66. The van der Waals surface area contributed by atoms with E-state index in [9.17, 15) is 0 Å². The number of aryl methyl sites for hydroxylation is 1. The fourth-order valence-corrected chi connectivity index (χ4v) is 1.33. The zero-order valence-corrected chi connectivity index (χ0v) is 8.76. The number of H-pyrrole nitrogens is 1. The van der Waals surface area contributed by atoms with E-state index in [0.717, 1.165) is 16.6 Å². The van der Waals surface area contributed by atoms with Crippen molar-refractivity contribution in [1.29, 1.82) is 0 Å². The van der Waals surface area contributed by atoms with Crippen molar-refractivity contribution < 1.29 is 0 Å². The Morgan fingerprint density at radius 2 is 1.93 bits per heavy atom. The first-order valence-electron chi connectivity index (χ1n) is 4.76. The van der Waals surface area contributed by atoms with Crippen molar-refractivity contribution in [3.05, 3.63) is 41.4 Å². The molecule has 0 amide bonds. The van der Waals surface area contributed by atoms with Crippen LogP contribution in [-0.4, -0.2) is 4.98 Å². The Morgan fingerprint density at radius 1 is 1.21 bits per heavy atom. The Morgan fingerprint density at radius 3 is 2.57 bits per heavy atom. The third-order valence-electron chi connectivity index (χ3n) is 1.87. The molecule has 2 nitrogen and oxygen atoms in total. The fourth-order valence-electron chi connectivity index (χ4n) is 1.33. The highest BCUT2D eigenvalue weighted by Gasteiger charge is 1.97. The van der Waals surface area contributed by atoms with Gasteiger partial charge in [-0.15, -0.1) is 0 Å². The van der Waals surface area contributed by atoms with E-state index in [4.69, 9.17) is 6.57 Å². The topological polar surface area (TPSA) is 20.1 Å². The van der Waals surface area contributed by atoms with Gasteiger partial charge in [-0.25, -0.2) is 4.85 Å². The third kappa shape index (κ3) is 1.94. The highest BCUT2D eigenvalue weighted by Crippen LogP contribution is 2.21. The molecule has 0 bridgehead atoms. The Labute approximate surface area is 84.4 Å². The van der Waals surface area contributed by atoms with Gasteiger partial charge in [0.2, 0.25) is 0 Å². The first-order valence-corrected chi connectivity index (χ1v) is 4.76. The van der Waals surface area contributed by atoms with Crippen LogP contribution >= 0.6 is 0 Å². The minimum atomic E-state index is 0.696. The highest BCUT2D eigenvalue weighted by atomic mass is 14.7. The maximum atomic E-state index is 6.84. The summed E-state index contributed by atoms with van der Waals surface area (Å²) in [5.74, 6) is 0. The zero-order chi connectivity index (χ0) is 10.6. The number of nitrogens with one attached hydrogen (secondary N) is 1. The van der Waals surface area contributed by atoms with Gasteiger partial charge in [-0.05, 0) is 30.5 Å². The predicted octanol–water partition coefficient (Wildman–Crippen LogP) is 4.05. The molecule has 2 heteroatoms. The Hall–Kier alpha value is -1.75. The van der Waals surface area contributed by atoms with Gasteiger partial charge in [0.25, 0.3) is 0 Å². The van der Waals surface area contributed by atoms with Gasteiger partial charge in [0.05, 0.1) is 6.57 Å². The molecule has 1 heterocycles. The lowest BCUT2D eigenvalue weighted by molar-refractivity contribution is 1.30. The molecule has 2 aromatic rings. The van der Waals surface area contributed by atoms with E-state index in [1.165, 1.54) is 0 Å². The second-order valence-electron chi connectivity index (χ2n) is 2.84. The number of aromatic amines is 1. The lowest BCUT2D eigenvalue weighted by atomic mass is 10.2. The van der Waals surface area contributed by atoms with Crippen LogP contribution in [0.5, 0.6) is 0 Å². The molecule has 0 saturated carbocycles. The first kappa shape index (κ1) is 10.3. The normalized spacial score (nSPS) is 9.00. The van der Waals surface area contributed by atoms with E-state index in [1.807, 2.05) is 45.0 Å². The third-order valence-corrected chi connectivity index (χ3v) is 1.87. The fraction of sp³-hybridized carbons (Fsp3) is 0.250. The van der Waals surface area contributed by atoms with Gasteiger partial charge in [-0.2, -0.15) is 0 Å². The summed E-state index contributed by atoms with van der Waals surface area (Å²) >= 11 is 0. The van der Waals surface area contributed by atoms with E-state index in [1.54, 1.807) is 0 Å². The summed E-state index contributed by atoms with van der Waals surface area (Å²) in [7, 11) is 0. The number of hydrogen-bond donors (Lipinski definition) is 1. The maximum Gasteiger partial charge on any atom is 0.187 e. The summed E-state index contributed by atoms with van der Waals surface area (Å²) in [4.78, 5) is 6.57. The van der Waals surface area contributed by atoms with Gasteiger partial charge < -0.3 is 4.98 Å². The standard InChI is InChI=1S/C10H8N2.C2H6/c1-7-5-8-6-9(11-2)3-4-10(8)12-7;1-2/h3-6,12H,1H3;1-2H3. The zero-order valence-electron chi connectivity index (χ0n) is 8.76. The van der Waals surface area contributed by atoms with E-state index < -0.39 is 0 Å². The molecule has 0 aliphatic carbocycles. The highest BCUT2D eigenvalue weighted by molar-refractivity contribution is 5.84. The SMILES string of the molecule is CC.[C-]#[N+]c1ccc2[nH]c(C)cc2c1. The first-order chi connectivity index (χ1) is 6.79. The van der Waals surface area contributed by atoms with Crippen LogP contribution in [0.1, 0.15) is 19.5 Å². The summed E-state index contributed by atoms with van der Waals surface area (Å²) in [6, 6.07) is 7.71. The van der Waals surface area contributed by atoms with Gasteiger partial charge >= 0.3 is 0 Å². The van der Waals surface area contributed by atoms with E-state index in [-0.39, 0.29) is 0 Å². The molecule has 0 aliphatic rings. The van der Waals surface area contributed by atoms with Crippen LogP contribution in [0.4, 0.5) is 5.69 Å². The van der Waals surface area contributed by atoms with Crippen LogP contribution in [0.15, 0.2) is 24.3 Å². The number of benzene rings is 1. The largest absolute Gasteiger partial charge is 0.359 e. The smallest absolute Gasteiger partial charge is 0.187 e. The number of rotatable bonds is 0. The average Bonchev–Trinajstić information content (AvgIpc) is 2.59. The molecule has 0 saturated heterocycles. The van der Waals surface area contributed by atoms with Crippen molar-refractivity contribution >= 4 is 16.6 Å². The van der Waals surface area contributed by atoms with Crippen molar-refractivity contribution in [2.75, 3.05) is 0 Å². The molecule has 0 fully saturated rings. The molecule has 2 rings (SSSR count). The summed E-state index contributed by atoms with van der Waals surface area (Å²) in [5.41, 5.74) is 2.92. The molecule has 14 heavy (non-hydrogen) atoms. The van der Waals surface area contributed by atoms with Crippen LogP contribution in [0, 0.1) is 13.5 Å². The molecule has 1 N–H and O–H groups in total. The number of fused-ring (bicyclic) bond motifs is 1. The number of nitrogens with zero attached hydrogens (tertiary/aromatic N) is 1. The van der Waals surface area contributed by atoms with Gasteiger partial charge in [0, 0.05) is 11.2 Å². The lowest BCUT2D eigenvalue weighted by Gasteiger charge is -1.88. The summed E-state index contributed by atoms with van der Waals surface area (Å²) in [6.07, 6.45) is 0. The molecule has 1 aromatic carbocycles. The molecular weight excluding hydrogens is 172 g/mol. The van der Waals surface area contributed by atoms with Gasteiger partial charge in [-0.3, -0.25) is 0 Å². The van der Waals surface area contributed by atoms with E-state index in [2.05, 4.69) is 9.83 Å². The van der Waals surface area contributed by atoms with Gasteiger partial charge in [-0.1, -0.05) is 19.9 Å². The molecule has 72 valence electrons. The second kappa shape index (κ2) is 4.48.